The summed E-state index contributed by atoms with van der Waals surface area (Å²) in [5, 5.41) is 4.21. The highest BCUT2D eigenvalue weighted by Gasteiger charge is 2.51. The van der Waals surface area contributed by atoms with Crippen LogP contribution in [-0.4, -0.2) is 37.8 Å². The summed E-state index contributed by atoms with van der Waals surface area (Å²) in [6.07, 6.45) is 0. The quantitative estimate of drug-likeness (QED) is 0.185. The van der Waals surface area contributed by atoms with Crippen LogP contribution in [0.5, 0.6) is 0 Å². The van der Waals surface area contributed by atoms with Crippen molar-refractivity contribution in [1.82, 2.24) is 19.5 Å². The van der Waals surface area contributed by atoms with Gasteiger partial charge in [-0.2, -0.15) is 9.97 Å². The Bertz CT molecular complexity index is 2430. The summed E-state index contributed by atoms with van der Waals surface area (Å²) in [5.41, 5.74) is 5.40. The zero-order chi connectivity index (χ0) is 31.9. The van der Waals surface area contributed by atoms with Gasteiger partial charge in [0.25, 0.3) is 0 Å². The molecule has 1 fully saturated rings. The van der Waals surface area contributed by atoms with Gasteiger partial charge in [-0.15, -0.1) is 0 Å². The van der Waals surface area contributed by atoms with E-state index in [1.54, 1.807) is 0 Å². The highest BCUT2D eigenvalue weighted by molar-refractivity contribution is 6.62. The molecule has 47 heavy (non-hydrogen) atoms. The molecule has 0 bridgehead atoms. The second kappa shape index (κ2) is 10.1. The van der Waals surface area contributed by atoms with E-state index in [1.807, 2.05) is 60.7 Å². The molecule has 1 aliphatic heterocycles. The van der Waals surface area contributed by atoms with E-state index in [1.165, 1.54) is 0 Å². The molecule has 0 aliphatic carbocycles. The first-order chi connectivity index (χ1) is 22.8. The van der Waals surface area contributed by atoms with E-state index in [4.69, 9.17) is 28.7 Å². The van der Waals surface area contributed by atoms with Crippen LogP contribution in [0.3, 0.4) is 0 Å². The molecule has 8 aromatic rings. The predicted molar refractivity (Wildman–Crippen MR) is 188 cm³/mol. The van der Waals surface area contributed by atoms with Gasteiger partial charge in [0.1, 0.15) is 11.2 Å². The molecule has 0 saturated carbocycles. The first-order valence-electron chi connectivity index (χ1n) is 15.9. The molecule has 228 valence electrons. The summed E-state index contributed by atoms with van der Waals surface area (Å²) < 4.78 is 21.3. The van der Waals surface area contributed by atoms with Crippen molar-refractivity contribution in [3.05, 3.63) is 115 Å². The van der Waals surface area contributed by atoms with Gasteiger partial charge in [-0.3, -0.25) is 4.57 Å². The molecule has 1 aliphatic rings. The minimum atomic E-state index is -0.484. The van der Waals surface area contributed by atoms with Crippen molar-refractivity contribution in [1.29, 1.82) is 0 Å². The zero-order valence-electron chi connectivity index (χ0n) is 26.6. The lowest BCUT2D eigenvalue weighted by molar-refractivity contribution is 0.00578. The molecule has 8 heteroatoms. The van der Waals surface area contributed by atoms with E-state index in [-0.39, 0.29) is 0 Å². The number of para-hydroxylation sites is 2. The van der Waals surface area contributed by atoms with E-state index >= 15 is 0 Å². The number of fused-ring (bicyclic) bond motifs is 6. The van der Waals surface area contributed by atoms with Crippen LogP contribution in [0.1, 0.15) is 27.7 Å². The fourth-order valence-corrected chi connectivity index (χ4v) is 6.59. The maximum atomic E-state index is 6.46. The Labute approximate surface area is 272 Å². The van der Waals surface area contributed by atoms with Crippen molar-refractivity contribution in [2.45, 2.75) is 38.9 Å². The van der Waals surface area contributed by atoms with Crippen molar-refractivity contribution in [3.8, 4) is 28.7 Å². The van der Waals surface area contributed by atoms with Gasteiger partial charge in [0.15, 0.2) is 11.6 Å². The highest BCUT2D eigenvalue weighted by Crippen LogP contribution is 2.39. The van der Waals surface area contributed by atoms with Crippen molar-refractivity contribution >= 4 is 56.3 Å². The van der Waals surface area contributed by atoms with E-state index in [0.717, 1.165) is 60.3 Å². The van der Waals surface area contributed by atoms with Gasteiger partial charge >= 0.3 is 7.12 Å². The standard InChI is InChI=1S/C39H31BN4O3/c1-38(2)39(3,4)47-40(46-38)25-21-22-28-33(23-25)45-32-20-12-17-29(34(28)32)36-41-35(24-13-6-5-7-14-24)42-37(43-36)44-30-18-10-8-15-26(30)27-16-9-11-19-31(27)44/h5-23H,1-4H3. The van der Waals surface area contributed by atoms with E-state index in [0.29, 0.717) is 17.6 Å². The third-order valence-electron chi connectivity index (χ3n) is 9.72. The van der Waals surface area contributed by atoms with E-state index in [9.17, 15) is 0 Å². The molecule has 0 atom stereocenters. The van der Waals surface area contributed by atoms with Gasteiger partial charge < -0.3 is 13.7 Å². The molecule has 9 rings (SSSR count). The van der Waals surface area contributed by atoms with Crippen molar-refractivity contribution < 1.29 is 13.7 Å². The highest BCUT2D eigenvalue weighted by atomic mass is 16.7. The van der Waals surface area contributed by atoms with Gasteiger partial charge in [-0.25, -0.2) is 4.98 Å². The average Bonchev–Trinajstić information content (AvgIpc) is 3.70. The van der Waals surface area contributed by atoms with Crippen LogP contribution in [0.15, 0.2) is 120 Å². The van der Waals surface area contributed by atoms with Crippen molar-refractivity contribution in [2.24, 2.45) is 0 Å². The van der Waals surface area contributed by atoms with Gasteiger partial charge in [-0.05, 0) is 57.4 Å². The Morgan fingerprint density at radius 1 is 0.574 bits per heavy atom. The van der Waals surface area contributed by atoms with Gasteiger partial charge in [0.2, 0.25) is 5.95 Å². The Morgan fingerprint density at radius 3 is 1.91 bits per heavy atom. The fourth-order valence-electron chi connectivity index (χ4n) is 6.59. The SMILES string of the molecule is CC1(C)OB(c2ccc3c(c2)oc2cccc(-c4nc(-c5ccccc5)nc(-n5c6ccccc6c6ccccc65)n4)c23)OC1(C)C. The summed E-state index contributed by atoms with van der Waals surface area (Å²) in [4.78, 5) is 15.3. The minimum Gasteiger partial charge on any atom is -0.456 e. The number of hydrogen-bond donors (Lipinski definition) is 0. The number of hydrogen-bond acceptors (Lipinski definition) is 6. The average molecular weight is 615 g/mol. The van der Waals surface area contributed by atoms with Gasteiger partial charge in [-0.1, -0.05) is 91.0 Å². The number of benzene rings is 5. The Hall–Kier alpha value is -5.31. The van der Waals surface area contributed by atoms with E-state index < -0.39 is 18.3 Å². The van der Waals surface area contributed by atoms with E-state index in [2.05, 4.69) is 86.9 Å². The summed E-state index contributed by atoms with van der Waals surface area (Å²) in [7, 11) is -0.484. The van der Waals surface area contributed by atoms with Crippen LogP contribution >= 0.6 is 0 Å². The number of rotatable bonds is 4. The van der Waals surface area contributed by atoms with Crippen LogP contribution in [-0.2, 0) is 9.31 Å². The van der Waals surface area contributed by atoms with Crippen LogP contribution in [0.4, 0.5) is 0 Å². The molecular formula is C39H31BN4O3. The Kier molecular flexibility index (Phi) is 6.01. The zero-order valence-corrected chi connectivity index (χ0v) is 26.6. The fraction of sp³-hybridized carbons (Fsp3) is 0.154. The molecule has 7 nitrogen and oxygen atoms in total. The van der Waals surface area contributed by atoms with Crippen LogP contribution in [0.2, 0.25) is 0 Å². The van der Waals surface area contributed by atoms with Crippen LogP contribution < -0.4 is 5.46 Å². The lowest BCUT2D eigenvalue weighted by atomic mass is 9.79. The molecule has 5 aromatic carbocycles. The smallest absolute Gasteiger partial charge is 0.456 e. The molecule has 0 N–H and O–H groups in total. The Balaban J connectivity index is 1.26. The molecule has 0 amide bonds. The summed E-state index contributed by atoms with van der Waals surface area (Å²) in [6, 6.07) is 39.0. The topological polar surface area (TPSA) is 75.2 Å². The molecule has 4 heterocycles. The summed E-state index contributed by atoms with van der Waals surface area (Å²) in [6.45, 7) is 8.24. The summed E-state index contributed by atoms with van der Waals surface area (Å²) in [5.74, 6) is 1.72. The molecule has 0 unspecified atom stereocenters. The van der Waals surface area contributed by atoms with Crippen molar-refractivity contribution in [3.63, 3.8) is 0 Å². The first kappa shape index (κ1) is 28.0. The summed E-state index contributed by atoms with van der Waals surface area (Å²) >= 11 is 0. The van der Waals surface area contributed by atoms with Gasteiger partial charge in [0, 0.05) is 32.7 Å². The lowest BCUT2D eigenvalue weighted by Gasteiger charge is -2.32. The first-order valence-corrected chi connectivity index (χ1v) is 15.9. The minimum absolute atomic E-state index is 0.434. The lowest BCUT2D eigenvalue weighted by Crippen LogP contribution is -2.41. The monoisotopic (exact) mass is 614 g/mol. The Morgan fingerprint density at radius 2 is 1.21 bits per heavy atom. The predicted octanol–water partition coefficient (Wildman–Crippen LogP) is 8.50. The second-order valence-corrected chi connectivity index (χ2v) is 13.1. The molecular weight excluding hydrogens is 583 g/mol. The maximum absolute atomic E-state index is 6.46. The van der Waals surface area contributed by atoms with Gasteiger partial charge in [0.05, 0.1) is 22.2 Å². The molecule has 3 aromatic heterocycles. The molecule has 1 saturated heterocycles. The van der Waals surface area contributed by atoms with Crippen LogP contribution in [0, 0.1) is 0 Å². The second-order valence-electron chi connectivity index (χ2n) is 13.1. The number of nitrogens with zero attached hydrogens (tertiary/aromatic N) is 4. The van der Waals surface area contributed by atoms with Crippen LogP contribution in [0.25, 0.3) is 72.5 Å². The molecule has 0 spiro atoms. The number of aromatic nitrogens is 4. The largest absolute Gasteiger partial charge is 0.494 e. The van der Waals surface area contributed by atoms with Crippen molar-refractivity contribution in [2.75, 3.05) is 0 Å². The maximum Gasteiger partial charge on any atom is 0.494 e. The number of furan rings is 1. The third kappa shape index (κ3) is 4.32. The third-order valence-corrected chi connectivity index (χ3v) is 9.72. The molecule has 0 radical (unpaired) electrons. The normalized spacial score (nSPS) is 15.8.